The Kier molecular flexibility index (Phi) is 4.20. The molecule has 1 saturated heterocycles. The maximum Gasteiger partial charge on any atom is 0.231 e. The monoisotopic (exact) mass is 335 g/mol. The van der Waals surface area contributed by atoms with E-state index in [0.717, 1.165) is 17.5 Å². The molecule has 0 spiro atoms. The summed E-state index contributed by atoms with van der Waals surface area (Å²) in [4.78, 5) is 26.8. The van der Waals surface area contributed by atoms with Crippen LogP contribution in [0, 0.1) is 0 Å². The summed E-state index contributed by atoms with van der Waals surface area (Å²) in [5, 5.41) is 4.04. The molecule has 0 N–H and O–H groups in total. The second-order valence-electron chi connectivity index (χ2n) is 6.06. The van der Waals surface area contributed by atoms with Gasteiger partial charge in [-0.2, -0.15) is 4.98 Å². The zero-order valence-electron chi connectivity index (χ0n) is 13.6. The summed E-state index contributed by atoms with van der Waals surface area (Å²) in [7, 11) is 0. The van der Waals surface area contributed by atoms with E-state index in [1.165, 1.54) is 0 Å². The van der Waals surface area contributed by atoms with E-state index < -0.39 is 0 Å². The zero-order valence-corrected chi connectivity index (χ0v) is 13.6. The molecule has 4 rings (SSSR count). The fourth-order valence-corrected chi connectivity index (χ4v) is 3.00. The Morgan fingerprint density at radius 3 is 2.88 bits per heavy atom. The third-order valence-electron chi connectivity index (χ3n) is 4.35. The minimum atomic E-state index is 0.0842. The van der Waals surface area contributed by atoms with Crippen LogP contribution in [-0.2, 0) is 11.2 Å². The van der Waals surface area contributed by atoms with E-state index in [2.05, 4.69) is 20.1 Å². The van der Waals surface area contributed by atoms with Crippen molar-refractivity contribution in [3.8, 4) is 11.4 Å². The molecule has 25 heavy (non-hydrogen) atoms. The Labute approximate surface area is 144 Å². The first-order valence-electron chi connectivity index (χ1n) is 8.20. The van der Waals surface area contributed by atoms with Crippen LogP contribution in [0.5, 0.6) is 0 Å². The molecule has 3 aromatic heterocycles. The second-order valence-corrected chi connectivity index (χ2v) is 6.06. The van der Waals surface area contributed by atoms with Gasteiger partial charge >= 0.3 is 0 Å². The van der Waals surface area contributed by atoms with Crippen LogP contribution in [0.4, 0.5) is 0 Å². The van der Waals surface area contributed by atoms with E-state index >= 15 is 0 Å². The standard InChI is InChI=1S/C18H17N5O2/c24-16(10-13-2-1-6-20-11-13)23-9-5-15(12-23)18-21-17(22-25-18)14-3-7-19-8-4-14/h1-4,6-8,11,15H,5,9-10,12H2/t15-/m0/s1. The lowest BCUT2D eigenvalue weighted by Crippen LogP contribution is -2.29. The molecule has 0 aliphatic carbocycles. The van der Waals surface area contributed by atoms with Crippen molar-refractivity contribution < 1.29 is 9.32 Å². The predicted molar refractivity (Wildman–Crippen MR) is 89.4 cm³/mol. The fourth-order valence-electron chi connectivity index (χ4n) is 3.00. The molecule has 1 aliphatic heterocycles. The average molecular weight is 335 g/mol. The van der Waals surface area contributed by atoms with Gasteiger partial charge in [0, 0.05) is 43.4 Å². The molecule has 0 aromatic carbocycles. The Morgan fingerprint density at radius 2 is 2.08 bits per heavy atom. The fraction of sp³-hybridized carbons (Fsp3) is 0.278. The largest absolute Gasteiger partial charge is 0.342 e. The van der Waals surface area contributed by atoms with Gasteiger partial charge in [0.05, 0.1) is 12.3 Å². The van der Waals surface area contributed by atoms with Crippen LogP contribution in [0.15, 0.2) is 53.6 Å². The summed E-state index contributed by atoms with van der Waals surface area (Å²) >= 11 is 0. The maximum absolute atomic E-state index is 12.4. The van der Waals surface area contributed by atoms with Gasteiger partial charge in [0.15, 0.2) is 0 Å². The van der Waals surface area contributed by atoms with Crippen molar-refractivity contribution >= 4 is 5.91 Å². The summed E-state index contributed by atoms with van der Waals surface area (Å²) in [6.07, 6.45) is 8.02. The van der Waals surface area contributed by atoms with Crippen LogP contribution >= 0.6 is 0 Å². The summed E-state index contributed by atoms with van der Waals surface area (Å²) in [5.74, 6) is 1.33. The predicted octanol–water partition coefficient (Wildman–Crippen LogP) is 2.09. The highest BCUT2D eigenvalue weighted by atomic mass is 16.5. The molecule has 1 aliphatic rings. The minimum absolute atomic E-state index is 0.0842. The minimum Gasteiger partial charge on any atom is -0.342 e. The highest BCUT2D eigenvalue weighted by Gasteiger charge is 2.31. The molecule has 4 heterocycles. The summed E-state index contributed by atoms with van der Waals surface area (Å²) in [5.41, 5.74) is 1.79. The van der Waals surface area contributed by atoms with Crippen molar-refractivity contribution in [1.29, 1.82) is 0 Å². The third kappa shape index (κ3) is 3.40. The Morgan fingerprint density at radius 1 is 1.20 bits per heavy atom. The Bertz CT molecular complexity index is 850. The molecule has 7 heteroatoms. The van der Waals surface area contributed by atoms with Crippen molar-refractivity contribution in [1.82, 2.24) is 25.0 Å². The van der Waals surface area contributed by atoms with Crippen LogP contribution in [0.1, 0.15) is 23.8 Å². The topological polar surface area (TPSA) is 85.0 Å². The zero-order chi connectivity index (χ0) is 17.1. The van der Waals surface area contributed by atoms with Gasteiger partial charge in [0.25, 0.3) is 0 Å². The number of likely N-dealkylation sites (tertiary alicyclic amines) is 1. The maximum atomic E-state index is 12.4. The van der Waals surface area contributed by atoms with Crippen LogP contribution in [0.3, 0.4) is 0 Å². The van der Waals surface area contributed by atoms with E-state index in [0.29, 0.717) is 31.2 Å². The van der Waals surface area contributed by atoms with Crippen molar-refractivity contribution in [3.63, 3.8) is 0 Å². The van der Waals surface area contributed by atoms with Gasteiger partial charge in [-0.1, -0.05) is 11.2 Å². The highest BCUT2D eigenvalue weighted by molar-refractivity contribution is 5.79. The number of pyridine rings is 2. The smallest absolute Gasteiger partial charge is 0.231 e. The normalized spacial score (nSPS) is 17.0. The molecule has 1 amide bonds. The van der Waals surface area contributed by atoms with Gasteiger partial charge in [0.1, 0.15) is 0 Å². The van der Waals surface area contributed by atoms with Gasteiger partial charge in [-0.3, -0.25) is 14.8 Å². The number of carbonyl (C=O) groups is 1. The quantitative estimate of drug-likeness (QED) is 0.726. The average Bonchev–Trinajstić information content (AvgIpc) is 3.33. The molecule has 3 aromatic rings. The number of hydrogen-bond donors (Lipinski definition) is 0. The lowest BCUT2D eigenvalue weighted by atomic mass is 10.1. The molecule has 7 nitrogen and oxygen atoms in total. The van der Waals surface area contributed by atoms with Gasteiger partial charge in [0.2, 0.25) is 17.6 Å². The molecule has 0 unspecified atom stereocenters. The molecule has 1 fully saturated rings. The van der Waals surface area contributed by atoms with Crippen molar-refractivity contribution in [3.05, 3.63) is 60.5 Å². The first kappa shape index (κ1) is 15.4. The number of rotatable bonds is 4. The van der Waals surface area contributed by atoms with E-state index in [1.54, 1.807) is 24.8 Å². The Balaban J connectivity index is 1.41. The van der Waals surface area contributed by atoms with Crippen LogP contribution in [0.25, 0.3) is 11.4 Å². The first-order valence-corrected chi connectivity index (χ1v) is 8.20. The van der Waals surface area contributed by atoms with E-state index in [1.807, 2.05) is 29.2 Å². The molecule has 0 bridgehead atoms. The van der Waals surface area contributed by atoms with E-state index in [4.69, 9.17) is 4.52 Å². The van der Waals surface area contributed by atoms with Crippen LogP contribution in [-0.4, -0.2) is 44.0 Å². The number of hydrogen-bond acceptors (Lipinski definition) is 6. The number of nitrogens with zero attached hydrogens (tertiary/aromatic N) is 5. The SMILES string of the molecule is O=C(Cc1cccnc1)N1CC[C@H](c2nc(-c3ccncc3)no2)C1. The van der Waals surface area contributed by atoms with E-state index in [9.17, 15) is 4.79 Å². The lowest BCUT2D eigenvalue weighted by molar-refractivity contribution is -0.129. The molecule has 0 saturated carbocycles. The Hall–Kier alpha value is -3.09. The number of carbonyl (C=O) groups excluding carboxylic acids is 1. The second kappa shape index (κ2) is 6.80. The molecular formula is C18H17N5O2. The van der Waals surface area contributed by atoms with Gasteiger partial charge < -0.3 is 9.42 Å². The highest BCUT2D eigenvalue weighted by Crippen LogP contribution is 2.28. The third-order valence-corrected chi connectivity index (χ3v) is 4.35. The van der Waals surface area contributed by atoms with Crippen molar-refractivity contribution in [2.45, 2.75) is 18.8 Å². The summed E-state index contributed by atoms with van der Waals surface area (Å²) in [6.45, 7) is 1.31. The van der Waals surface area contributed by atoms with Crippen molar-refractivity contribution in [2.24, 2.45) is 0 Å². The van der Waals surface area contributed by atoms with Gasteiger partial charge in [-0.25, -0.2) is 0 Å². The van der Waals surface area contributed by atoms with Gasteiger partial charge in [-0.05, 0) is 30.2 Å². The lowest BCUT2D eigenvalue weighted by Gasteiger charge is -2.15. The van der Waals surface area contributed by atoms with Crippen LogP contribution < -0.4 is 0 Å². The molecule has 0 radical (unpaired) electrons. The molecule has 1 atom stereocenters. The number of aromatic nitrogens is 4. The summed E-state index contributed by atoms with van der Waals surface area (Å²) in [6, 6.07) is 7.44. The van der Waals surface area contributed by atoms with E-state index in [-0.39, 0.29) is 11.8 Å². The molecule has 126 valence electrons. The first-order chi connectivity index (χ1) is 12.3. The number of amides is 1. The summed E-state index contributed by atoms with van der Waals surface area (Å²) < 4.78 is 5.42. The van der Waals surface area contributed by atoms with Gasteiger partial charge in [-0.15, -0.1) is 0 Å². The van der Waals surface area contributed by atoms with Crippen LogP contribution in [0.2, 0.25) is 0 Å². The molecular weight excluding hydrogens is 318 g/mol. The van der Waals surface area contributed by atoms with Crippen molar-refractivity contribution in [2.75, 3.05) is 13.1 Å².